The third-order valence-electron chi connectivity index (χ3n) is 1.89. The van der Waals surface area contributed by atoms with Gasteiger partial charge in [0, 0.05) is 13.6 Å². The number of hydrogen-bond donors (Lipinski definition) is 0. The van der Waals surface area contributed by atoms with Crippen LogP contribution >= 0.6 is 0 Å². The summed E-state index contributed by atoms with van der Waals surface area (Å²) in [5.74, 6) is 0.331. The topological polar surface area (TPSA) is 70.1 Å². The van der Waals surface area contributed by atoms with Gasteiger partial charge in [0.15, 0.2) is 0 Å². The van der Waals surface area contributed by atoms with Gasteiger partial charge >= 0.3 is 0 Å². The van der Waals surface area contributed by atoms with Crippen molar-refractivity contribution < 1.29 is 9.32 Å². The second kappa shape index (κ2) is 4.42. The maximum atomic E-state index is 11.6. The van der Waals surface area contributed by atoms with Gasteiger partial charge in [-0.05, 0) is 6.92 Å². The maximum absolute atomic E-state index is 11.6. The molecular weight excluding hydrogens is 182 g/mol. The fourth-order valence-electron chi connectivity index (χ4n) is 1.03. The van der Waals surface area contributed by atoms with Crippen LogP contribution in [0, 0.1) is 18.3 Å². The van der Waals surface area contributed by atoms with E-state index in [-0.39, 0.29) is 5.91 Å². The highest BCUT2D eigenvalue weighted by atomic mass is 16.5. The molecule has 0 aliphatic heterocycles. The average Bonchev–Trinajstić information content (AvgIpc) is 2.59. The number of aryl methyl sites for hydroxylation is 1. The van der Waals surface area contributed by atoms with Crippen molar-refractivity contribution in [1.29, 1.82) is 5.26 Å². The molecule has 0 saturated heterocycles. The van der Waals surface area contributed by atoms with Crippen molar-refractivity contribution >= 4 is 5.91 Å². The predicted octanol–water partition coefficient (Wildman–Crippen LogP) is 0.969. The van der Waals surface area contributed by atoms with E-state index in [0.717, 1.165) is 0 Å². The minimum Gasteiger partial charge on any atom is -0.361 e. The fourth-order valence-corrected chi connectivity index (χ4v) is 1.03. The van der Waals surface area contributed by atoms with E-state index in [1.54, 1.807) is 14.0 Å². The van der Waals surface area contributed by atoms with Crippen molar-refractivity contribution in [1.82, 2.24) is 10.1 Å². The highest BCUT2D eigenvalue weighted by Gasteiger charge is 2.16. The van der Waals surface area contributed by atoms with Gasteiger partial charge in [-0.25, -0.2) is 0 Å². The first kappa shape index (κ1) is 10.3. The zero-order valence-electron chi connectivity index (χ0n) is 8.15. The number of amides is 1. The average molecular weight is 193 g/mol. The van der Waals surface area contributed by atoms with Crippen molar-refractivity contribution in [3.8, 4) is 6.07 Å². The third kappa shape index (κ3) is 2.10. The predicted molar refractivity (Wildman–Crippen MR) is 48.4 cm³/mol. The second-order valence-corrected chi connectivity index (χ2v) is 2.93. The SMILES string of the molecule is Cc1oncc1C(=O)N(C)CCC#N. The smallest absolute Gasteiger partial charge is 0.258 e. The third-order valence-corrected chi connectivity index (χ3v) is 1.89. The molecule has 1 aromatic rings. The van der Waals surface area contributed by atoms with Crippen molar-refractivity contribution in [2.24, 2.45) is 0 Å². The first-order valence-electron chi connectivity index (χ1n) is 4.20. The van der Waals surface area contributed by atoms with E-state index in [1.807, 2.05) is 6.07 Å². The van der Waals surface area contributed by atoms with E-state index < -0.39 is 0 Å². The van der Waals surface area contributed by atoms with Crippen LogP contribution in [0.15, 0.2) is 10.7 Å². The van der Waals surface area contributed by atoms with Crippen LogP contribution in [0.4, 0.5) is 0 Å². The molecular formula is C9H11N3O2. The van der Waals surface area contributed by atoms with Crippen LogP contribution in [0.1, 0.15) is 22.5 Å². The Hall–Kier alpha value is -1.83. The number of nitriles is 1. The summed E-state index contributed by atoms with van der Waals surface area (Å²) < 4.78 is 4.78. The summed E-state index contributed by atoms with van der Waals surface area (Å²) in [6.07, 6.45) is 1.72. The van der Waals surface area contributed by atoms with Gasteiger partial charge in [-0.2, -0.15) is 5.26 Å². The van der Waals surface area contributed by atoms with Crippen LogP contribution in [0.5, 0.6) is 0 Å². The van der Waals surface area contributed by atoms with Crippen molar-refractivity contribution in [2.75, 3.05) is 13.6 Å². The van der Waals surface area contributed by atoms with Crippen molar-refractivity contribution in [3.05, 3.63) is 17.5 Å². The Kier molecular flexibility index (Phi) is 3.24. The quantitative estimate of drug-likeness (QED) is 0.717. The van der Waals surface area contributed by atoms with E-state index in [9.17, 15) is 4.79 Å². The number of nitrogens with zero attached hydrogens (tertiary/aromatic N) is 3. The van der Waals surface area contributed by atoms with Gasteiger partial charge in [0.2, 0.25) is 0 Å². The highest BCUT2D eigenvalue weighted by Crippen LogP contribution is 2.08. The molecule has 5 nitrogen and oxygen atoms in total. The number of rotatable bonds is 3. The first-order chi connectivity index (χ1) is 6.66. The zero-order valence-corrected chi connectivity index (χ0v) is 8.15. The normalized spacial score (nSPS) is 9.50. The summed E-state index contributed by atoms with van der Waals surface area (Å²) in [6.45, 7) is 2.10. The second-order valence-electron chi connectivity index (χ2n) is 2.93. The maximum Gasteiger partial charge on any atom is 0.258 e. The Balaban J connectivity index is 2.67. The van der Waals surface area contributed by atoms with Gasteiger partial charge in [-0.15, -0.1) is 0 Å². The molecule has 1 rings (SSSR count). The van der Waals surface area contributed by atoms with Crippen LogP contribution in [0.25, 0.3) is 0 Å². The van der Waals surface area contributed by atoms with E-state index in [0.29, 0.717) is 24.3 Å². The monoisotopic (exact) mass is 193 g/mol. The van der Waals surface area contributed by atoms with Crippen molar-refractivity contribution in [3.63, 3.8) is 0 Å². The summed E-state index contributed by atoms with van der Waals surface area (Å²) in [5.41, 5.74) is 0.449. The van der Waals surface area contributed by atoms with E-state index >= 15 is 0 Å². The lowest BCUT2D eigenvalue weighted by molar-refractivity contribution is 0.0796. The molecule has 0 bridgehead atoms. The van der Waals surface area contributed by atoms with Gasteiger partial charge in [0.1, 0.15) is 11.3 Å². The Labute approximate surface area is 81.9 Å². The standard InChI is InChI=1S/C9H11N3O2/c1-7-8(6-11-14-7)9(13)12(2)5-3-4-10/h6H,3,5H2,1-2H3. The van der Waals surface area contributed by atoms with Gasteiger partial charge in [-0.3, -0.25) is 4.79 Å². The molecule has 0 N–H and O–H groups in total. The molecule has 0 aliphatic rings. The number of carbonyl (C=O) groups excluding carboxylic acids is 1. The molecule has 0 radical (unpaired) electrons. The molecule has 0 saturated carbocycles. The lowest BCUT2D eigenvalue weighted by Gasteiger charge is -2.13. The molecule has 5 heteroatoms. The fraction of sp³-hybridized carbons (Fsp3) is 0.444. The molecule has 0 unspecified atom stereocenters. The van der Waals surface area contributed by atoms with Crippen molar-refractivity contribution in [2.45, 2.75) is 13.3 Å². The van der Waals surface area contributed by atoms with Gasteiger partial charge in [-0.1, -0.05) is 5.16 Å². The molecule has 0 spiro atoms. The molecule has 0 aromatic carbocycles. The lowest BCUT2D eigenvalue weighted by Crippen LogP contribution is -2.27. The largest absolute Gasteiger partial charge is 0.361 e. The van der Waals surface area contributed by atoms with Crippen LogP contribution in [-0.4, -0.2) is 29.6 Å². The Morgan fingerprint density at radius 3 is 3.00 bits per heavy atom. The molecule has 0 atom stereocenters. The van der Waals surface area contributed by atoms with E-state index in [2.05, 4.69) is 5.16 Å². The van der Waals surface area contributed by atoms with E-state index in [4.69, 9.17) is 9.78 Å². The van der Waals surface area contributed by atoms with E-state index in [1.165, 1.54) is 11.1 Å². The molecule has 1 amide bonds. The van der Waals surface area contributed by atoms with Crippen LogP contribution in [0.2, 0.25) is 0 Å². The van der Waals surface area contributed by atoms with Gasteiger partial charge in [0.05, 0.1) is 18.7 Å². The number of hydrogen-bond acceptors (Lipinski definition) is 4. The van der Waals surface area contributed by atoms with Crippen LogP contribution in [0.3, 0.4) is 0 Å². The molecule has 74 valence electrons. The summed E-state index contributed by atoms with van der Waals surface area (Å²) in [7, 11) is 1.64. The summed E-state index contributed by atoms with van der Waals surface area (Å²) in [6, 6.07) is 1.98. The minimum absolute atomic E-state index is 0.168. The molecule has 0 fully saturated rings. The summed E-state index contributed by atoms with van der Waals surface area (Å²) in [5, 5.41) is 11.9. The number of carbonyl (C=O) groups is 1. The number of aromatic nitrogens is 1. The lowest BCUT2D eigenvalue weighted by atomic mass is 10.2. The molecule has 1 aromatic heterocycles. The summed E-state index contributed by atoms with van der Waals surface area (Å²) in [4.78, 5) is 13.1. The Morgan fingerprint density at radius 2 is 2.50 bits per heavy atom. The van der Waals surface area contributed by atoms with Gasteiger partial charge < -0.3 is 9.42 Å². The summed E-state index contributed by atoms with van der Waals surface area (Å²) >= 11 is 0. The highest BCUT2D eigenvalue weighted by molar-refractivity contribution is 5.94. The zero-order chi connectivity index (χ0) is 10.6. The Bertz CT molecular complexity index is 364. The molecule has 1 heterocycles. The first-order valence-corrected chi connectivity index (χ1v) is 4.20. The van der Waals surface area contributed by atoms with Crippen LogP contribution < -0.4 is 0 Å². The molecule has 0 aliphatic carbocycles. The minimum atomic E-state index is -0.168. The molecule has 14 heavy (non-hydrogen) atoms. The van der Waals surface area contributed by atoms with Gasteiger partial charge in [0.25, 0.3) is 5.91 Å². The van der Waals surface area contributed by atoms with Crippen LogP contribution in [-0.2, 0) is 0 Å². The Morgan fingerprint density at radius 1 is 1.79 bits per heavy atom.